The number of alkyl halides is 3. The first-order valence-electron chi connectivity index (χ1n) is 5.46. The Hall–Kier alpha value is -0.780. The number of halogens is 4. The molecule has 6 heteroatoms. The number of nitrogens with one attached hydrogen (secondary N) is 1. The fourth-order valence-corrected chi connectivity index (χ4v) is 2.37. The quantitative estimate of drug-likeness (QED) is 0.885. The van der Waals surface area contributed by atoms with Crippen molar-refractivity contribution in [1.29, 1.82) is 0 Å². The van der Waals surface area contributed by atoms with E-state index in [4.69, 9.17) is 0 Å². The summed E-state index contributed by atoms with van der Waals surface area (Å²) in [6, 6.07) is 1.18. The zero-order valence-electron chi connectivity index (χ0n) is 9.02. The van der Waals surface area contributed by atoms with Crippen molar-refractivity contribution in [2.45, 2.75) is 37.9 Å². The molecule has 1 fully saturated rings. The summed E-state index contributed by atoms with van der Waals surface area (Å²) in [4.78, 5) is 3.83. The Balaban J connectivity index is 2.25. The van der Waals surface area contributed by atoms with Gasteiger partial charge in [0.2, 0.25) is 0 Å². The van der Waals surface area contributed by atoms with Crippen LogP contribution in [0.15, 0.2) is 16.7 Å². The molecule has 2 rings (SSSR count). The molecule has 0 unspecified atom stereocenters. The van der Waals surface area contributed by atoms with Crippen LogP contribution in [0, 0.1) is 0 Å². The molecule has 1 heterocycles. The van der Waals surface area contributed by atoms with E-state index in [2.05, 4.69) is 26.2 Å². The van der Waals surface area contributed by atoms with Crippen molar-refractivity contribution in [3.63, 3.8) is 0 Å². The Labute approximate surface area is 106 Å². The molecule has 94 valence electrons. The van der Waals surface area contributed by atoms with Gasteiger partial charge in [-0.15, -0.1) is 0 Å². The molecule has 0 aliphatic heterocycles. The van der Waals surface area contributed by atoms with Crippen LogP contribution in [0.2, 0.25) is 0 Å². The number of rotatable bonds is 2. The van der Waals surface area contributed by atoms with Gasteiger partial charge in [0.05, 0.1) is 5.56 Å². The summed E-state index contributed by atoms with van der Waals surface area (Å²) in [5.41, 5.74) is -0.709. The lowest BCUT2D eigenvalue weighted by atomic mass is 10.2. The second kappa shape index (κ2) is 4.84. The molecule has 1 saturated carbocycles. The van der Waals surface area contributed by atoms with E-state index in [0.717, 1.165) is 31.7 Å². The van der Waals surface area contributed by atoms with Gasteiger partial charge in [0.25, 0.3) is 0 Å². The second-order valence-electron chi connectivity index (χ2n) is 4.17. The van der Waals surface area contributed by atoms with Gasteiger partial charge in [-0.1, -0.05) is 12.8 Å². The number of hydrogen-bond acceptors (Lipinski definition) is 2. The van der Waals surface area contributed by atoms with E-state index in [1.165, 1.54) is 6.20 Å². The fraction of sp³-hybridized carbons (Fsp3) is 0.545. The molecule has 2 nitrogen and oxygen atoms in total. The third-order valence-corrected chi connectivity index (χ3v) is 3.29. The SMILES string of the molecule is FC(F)(F)c1cc(Br)cnc1NC1CCCC1. The molecule has 17 heavy (non-hydrogen) atoms. The highest BCUT2D eigenvalue weighted by molar-refractivity contribution is 9.10. The second-order valence-corrected chi connectivity index (χ2v) is 5.09. The van der Waals surface area contributed by atoms with Gasteiger partial charge in [-0.25, -0.2) is 4.98 Å². The van der Waals surface area contributed by atoms with Crippen LogP contribution in [0.3, 0.4) is 0 Å². The van der Waals surface area contributed by atoms with Gasteiger partial charge >= 0.3 is 6.18 Å². The Morgan fingerprint density at radius 1 is 1.29 bits per heavy atom. The fourth-order valence-electron chi connectivity index (χ4n) is 2.03. The van der Waals surface area contributed by atoms with Crippen molar-refractivity contribution in [2.24, 2.45) is 0 Å². The van der Waals surface area contributed by atoms with Crippen molar-refractivity contribution >= 4 is 21.7 Å². The molecule has 1 aliphatic carbocycles. The molecule has 1 aromatic heterocycles. The molecule has 1 aromatic rings. The summed E-state index contributed by atoms with van der Waals surface area (Å²) < 4.78 is 38.7. The molecule has 1 N–H and O–H groups in total. The minimum absolute atomic E-state index is 0.0624. The zero-order chi connectivity index (χ0) is 12.5. The highest BCUT2D eigenvalue weighted by Crippen LogP contribution is 2.36. The van der Waals surface area contributed by atoms with Gasteiger partial charge < -0.3 is 5.32 Å². The first-order chi connectivity index (χ1) is 7.97. The van der Waals surface area contributed by atoms with Gasteiger partial charge in [0.15, 0.2) is 0 Å². The normalized spacial score (nSPS) is 17.4. The van der Waals surface area contributed by atoms with E-state index in [1.807, 2.05) is 0 Å². The molecule has 0 radical (unpaired) electrons. The number of nitrogens with zero attached hydrogens (tertiary/aromatic N) is 1. The zero-order valence-corrected chi connectivity index (χ0v) is 10.6. The van der Waals surface area contributed by atoms with E-state index in [0.29, 0.717) is 4.47 Å². The van der Waals surface area contributed by atoms with Crippen LogP contribution in [-0.2, 0) is 6.18 Å². The van der Waals surface area contributed by atoms with E-state index in [1.54, 1.807) is 0 Å². The highest BCUT2D eigenvalue weighted by atomic mass is 79.9. The number of aromatic nitrogens is 1. The van der Waals surface area contributed by atoms with Crippen LogP contribution in [-0.4, -0.2) is 11.0 Å². The molecule has 0 atom stereocenters. The third kappa shape index (κ3) is 3.12. The van der Waals surface area contributed by atoms with E-state index < -0.39 is 11.7 Å². The third-order valence-electron chi connectivity index (χ3n) is 2.86. The Bertz CT molecular complexity index is 400. The maximum Gasteiger partial charge on any atom is 0.419 e. The van der Waals surface area contributed by atoms with E-state index in [-0.39, 0.29) is 11.9 Å². The van der Waals surface area contributed by atoms with Crippen molar-refractivity contribution in [3.05, 3.63) is 22.3 Å². The predicted octanol–water partition coefficient (Wildman–Crippen LogP) is 4.22. The van der Waals surface area contributed by atoms with Crippen molar-refractivity contribution in [2.75, 3.05) is 5.32 Å². The van der Waals surface area contributed by atoms with Crippen LogP contribution in [0.1, 0.15) is 31.2 Å². The summed E-state index contributed by atoms with van der Waals surface area (Å²) in [5.74, 6) is -0.0624. The molecule has 0 aromatic carbocycles. The van der Waals surface area contributed by atoms with Gasteiger partial charge in [0.1, 0.15) is 5.82 Å². The van der Waals surface area contributed by atoms with Crippen molar-refractivity contribution in [3.8, 4) is 0 Å². The van der Waals surface area contributed by atoms with Crippen LogP contribution < -0.4 is 5.32 Å². The Morgan fingerprint density at radius 3 is 2.53 bits per heavy atom. The summed E-state index contributed by atoms with van der Waals surface area (Å²) >= 11 is 3.01. The maximum atomic E-state index is 12.8. The Kier molecular flexibility index (Phi) is 3.61. The summed E-state index contributed by atoms with van der Waals surface area (Å²) in [6.07, 6.45) is 0.958. The molecule has 0 spiro atoms. The van der Waals surface area contributed by atoms with Crippen LogP contribution in [0.4, 0.5) is 19.0 Å². The van der Waals surface area contributed by atoms with E-state index >= 15 is 0 Å². The monoisotopic (exact) mass is 308 g/mol. The average molecular weight is 309 g/mol. The van der Waals surface area contributed by atoms with Crippen molar-refractivity contribution in [1.82, 2.24) is 4.98 Å². The van der Waals surface area contributed by atoms with Gasteiger partial charge in [-0.3, -0.25) is 0 Å². The molecule has 0 amide bonds. The van der Waals surface area contributed by atoms with Gasteiger partial charge in [-0.05, 0) is 34.8 Å². The largest absolute Gasteiger partial charge is 0.419 e. The lowest BCUT2D eigenvalue weighted by Gasteiger charge is -2.17. The summed E-state index contributed by atoms with van der Waals surface area (Å²) in [5, 5.41) is 2.89. The van der Waals surface area contributed by atoms with Crippen LogP contribution >= 0.6 is 15.9 Å². The molecule has 1 aliphatic rings. The topological polar surface area (TPSA) is 24.9 Å². The molecule has 0 bridgehead atoms. The maximum absolute atomic E-state index is 12.8. The first-order valence-corrected chi connectivity index (χ1v) is 6.25. The van der Waals surface area contributed by atoms with Gasteiger partial charge in [0, 0.05) is 16.7 Å². The van der Waals surface area contributed by atoms with Crippen LogP contribution in [0.5, 0.6) is 0 Å². The minimum Gasteiger partial charge on any atom is -0.367 e. The molecular weight excluding hydrogens is 297 g/mol. The van der Waals surface area contributed by atoms with Crippen LogP contribution in [0.25, 0.3) is 0 Å². The van der Waals surface area contributed by atoms with Crippen molar-refractivity contribution < 1.29 is 13.2 Å². The smallest absolute Gasteiger partial charge is 0.367 e. The highest BCUT2D eigenvalue weighted by Gasteiger charge is 2.35. The molecule has 0 saturated heterocycles. The molecular formula is C11H12BrF3N2. The standard InChI is InChI=1S/C11H12BrF3N2/c12-7-5-9(11(13,14)15)10(16-6-7)17-8-3-1-2-4-8/h5-6,8H,1-4H2,(H,16,17). The Morgan fingerprint density at radius 2 is 1.94 bits per heavy atom. The predicted molar refractivity (Wildman–Crippen MR) is 62.8 cm³/mol. The lowest BCUT2D eigenvalue weighted by molar-refractivity contribution is -0.137. The average Bonchev–Trinajstić information content (AvgIpc) is 2.72. The first kappa shape index (κ1) is 12.7. The lowest BCUT2D eigenvalue weighted by Crippen LogP contribution is -2.19. The van der Waals surface area contributed by atoms with E-state index in [9.17, 15) is 13.2 Å². The number of anilines is 1. The summed E-state index contributed by atoms with van der Waals surface area (Å²) in [7, 11) is 0. The minimum atomic E-state index is -4.38. The summed E-state index contributed by atoms with van der Waals surface area (Å²) in [6.45, 7) is 0. The van der Waals surface area contributed by atoms with Gasteiger partial charge in [-0.2, -0.15) is 13.2 Å². The number of pyridine rings is 1. The number of hydrogen-bond donors (Lipinski definition) is 1.